The molecule has 0 fully saturated rings. The molecular weight excluding hydrogens is 838 g/mol. The highest BCUT2D eigenvalue weighted by Crippen LogP contribution is 2.53. The summed E-state index contributed by atoms with van der Waals surface area (Å²) in [6, 6.07) is 53.1. The van der Waals surface area contributed by atoms with Gasteiger partial charge in [0.05, 0.1) is 5.69 Å². The van der Waals surface area contributed by atoms with E-state index in [9.17, 15) is 0 Å². The number of fused-ring (bicyclic) bond motifs is 9. The Balaban J connectivity index is 1.36. The highest BCUT2D eigenvalue weighted by atomic mass is 16.4. The van der Waals surface area contributed by atoms with Gasteiger partial charge in [-0.15, -0.1) is 0 Å². The van der Waals surface area contributed by atoms with Crippen molar-refractivity contribution in [2.45, 2.75) is 131 Å². The highest BCUT2D eigenvalue weighted by molar-refractivity contribution is 6.91. The molecule has 7 aromatic carbocycles. The fraction of sp³-hybridized carbons (Fsp3) is 0.312. The van der Waals surface area contributed by atoms with E-state index in [1.165, 1.54) is 82.7 Å². The van der Waals surface area contributed by atoms with Gasteiger partial charge in [0.1, 0.15) is 5.58 Å². The van der Waals surface area contributed by atoms with Crippen molar-refractivity contribution in [2.24, 2.45) is 0 Å². The third-order valence-electron chi connectivity index (χ3n) is 15.1. The Morgan fingerprint density at radius 2 is 1.01 bits per heavy atom. The lowest BCUT2D eigenvalue weighted by molar-refractivity contribution is 0.552. The zero-order valence-electron chi connectivity index (χ0n) is 43.6. The predicted octanol–water partition coefficient (Wildman–Crippen LogP) is 16.9. The van der Waals surface area contributed by atoms with Gasteiger partial charge in [-0.3, -0.25) is 4.90 Å². The van der Waals surface area contributed by atoms with Crippen LogP contribution in [0.2, 0.25) is 0 Å². The van der Waals surface area contributed by atoms with E-state index in [0.717, 1.165) is 34.2 Å². The minimum Gasteiger partial charge on any atom is -0.440 e. The van der Waals surface area contributed by atoms with Crippen molar-refractivity contribution in [1.29, 1.82) is 0 Å². The van der Waals surface area contributed by atoms with Crippen molar-refractivity contribution < 1.29 is 4.42 Å². The molecule has 0 saturated carbocycles. The molecule has 4 nitrogen and oxygen atoms in total. The summed E-state index contributed by atoms with van der Waals surface area (Å²) in [5.74, 6) is 0.899. The average molecular weight is 906 g/mol. The second kappa shape index (κ2) is 15.0. The third kappa shape index (κ3) is 7.08. The van der Waals surface area contributed by atoms with Crippen molar-refractivity contribution in [3.05, 3.63) is 167 Å². The van der Waals surface area contributed by atoms with Gasteiger partial charge in [-0.25, -0.2) is 0 Å². The van der Waals surface area contributed by atoms with Crippen LogP contribution in [0, 0.1) is 0 Å². The summed E-state index contributed by atoms with van der Waals surface area (Å²) in [5.41, 5.74) is 20.2. The lowest BCUT2D eigenvalue weighted by atomic mass is 9.45. The first-order valence-corrected chi connectivity index (χ1v) is 25.1. The molecule has 2 aromatic heterocycles. The van der Waals surface area contributed by atoms with Crippen molar-refractivity contribution in [3.63, 3.8) is 0 Å². The zero-order valence-corrected chi connectivity index (χ0v) is 43.6. The molecule has 0 saturated heterocycles. The van der Waals surface area contributed by atoms with Crippen LogP contribution < -0.4 is 20.7 Å². The fourth-order valence-electron chi connectivity index (χ4n) is 11.2. The molecule has 11 rings (SSSR count). The largest absolute Gasteiger partial charge is 0.440 e. The van der Waals surface area contributed by atoms with Gasteiger partial charge >= 0.3 is 6.85 Å². The van der Waals surface area contributed by atoms with Crippen LogP contribution in [-0.4, -0.2) is 11.3 Å². The number of benzene rings is 7. The Bertz CT molecular complexity index is 3460. The number of aromatic nitrogens is 1. The van der Waals surface area contributed by atoms with E-state index in [1.54, 1.807) is 0 Å². The maximum absolute atomic E-state index is 7.68. The minimum absolute atomic E-state index is 0.0131. The molecule has 0 radical (unpaired) electrons. The van der Waals surface area contributed by atoms with Gasteiger partial charge in [0.15, 0.2) is 0 Å². The summed E-state index contributed by atoms with van der Waals surface area (Å²) in [6.45, 7) is 34.8. The zero-order chi connectivity index (χ0) is 48.9. The van der Waals surface area contributed by atoms with E-state index < -0.39 is 0 Å². The van der Waals surface area contributed by atoms with Crippen LogP contribution in [0.5, 0.6) is 0 Å². The standard InChI is InChI=1S/C64H68BN3O/c1-60(2,3)39-26-29-45(30-27-39)67-53-38-42(63(10,11)12)35-47-46-31-33-52(66(43-22-18-16-19-23-43)44-24-20-17-21-25-44)54-48-34-40(61(4,5)6)28-32-51(48)68(57(46)54)65(55(47)53)56-49-36-41(62(7,8)9)37-50(64(13,14)15)58(49)69-59(56)67/h16-38H,1-15H3. The number of furan rings is 1. The summed E-state index contributed by atoms with van der Waals surface area (Å²) >= 11 is 0. The van der Waals surface area contributed by atoms with Crippen LogP contribution in [0.1, 0.15) is 132 Å². The first-order valence-electron chi connectivity index (χ1n) is 25.1. The summed E-state index contributed by atoms with van der Waals surface area (Å²) in [4.78, 5) is 4.94. The monoisotopic (exact) mass is 906 g/mol. The highest BCUT2D eigenvalue weighted by Gasteiger charge is 2.48. The van der Waals surface area contributed by atoms with Crippen molar-refractivity contribution in [2.75, 3.05) is 9.80 Å². The quantitative estimate of drug-likeness (QED) is 0.165. The second-order valence-electron chi connectivity index (χ2n) is 25.2. The van der Waals surface area contributed by atoms with E-state index in [4.69, 9.17) is 4.42 Å². The van der Waals surface area contributed by atoms with Gasteiger partial charge in [0.2, 0.25) is 5.88 Å². The minimum atomic E-state index is -0.196. The Morgan fingerprint density at radius 1 is 0.464 bits per heavy atom. The van der Waals surface area contributed by atoms with Gasteiger partial charge in [-0.05, 0) is 127 Å². The van der Waals surface area contributed by atoms with Crippen LogP contribution in [-0.2, 0) is 27.1 Å². The van der Waals surface area contributed by atoms with Crippen molar-refractivity contribution in [3.8, 4) is 11.1 Å². The molecule has 0 unspecified atom stereocenters. The molecule has 0 amide bonds. The summed E-state index contributed by atoms with van der Waals surface area (Å²) in [7, 11) is 0. The number of rotatable bonds is 4. The van der Waals surface area contributed by atoms with Crippen molar-refractivity contribution in [1.82, 2.24) is 4.48 Å². The summed E-state index contributed by atoms with van der Waals surface area (Å²) in [6.07, 6.45) is 0. The SMILES string of the molecule is CC(C)(C)c1ccc(N2c3cc(C(C)(C)C)cc4c3B(c3c2oc2c(C(C)(C)C)cc(C(C)(C)C)cc32)n2c3ccc(C(C)(C)C)cc3c3c(N(c5ccccc5)c5ccccc5)ccc-4c32)cc1. The van der Waals surface area contributed by atoms with Gasteiger partial charge in [-0.2, -0.15) is 0 Å². The lowest BCUT2D eigenvalue weighted by Gasteiger charge is -2.39. The maximum atomic E-state index is 7.68. The van der Waals surface area contributed by atoms with Crippen LogP contribution in [0.3, 0.4) is 0 Å². The van der Waals surface area contributed by atoms with Crippen LogP contribution >= 0.6 is 0 Å². The number of anilines is 6. The molecule has 0 aliphatic carbocycles. The second-order valence-corrected chi connectivity index (χ2v) is 25.2. The van der Waals surface area contributed by atoms with E-state index in [1.807, 2.05) is 0 Å². The Morgan fingerprint density at radius 3 is 1.58 bits per heavy atom. The number of para-hydroxylation sites is 2. The normalized spacial score (nSPS) is 14.0. The number of hydrogen-bond acceptors (Lipinski definition) is 3. The summed E-state index contributed by atoms with van der Waals surface area (Å²) < 4.78 is 10.4. The first kappa shape index (κ1) is 45.0. The molecule has 0 N–H and O–H groups in total. The molecule has 0 atom stereocenters. The smallest absolute Gasteiger partial charge is 0.337 e. The topological polar surface area (TPSA) is 24.6 Å². The molecule has 4 heterocycles. The van der Waals surface area contributed by atoms with Gasteiger partial charge in [0.25, 0.3) is 0 Å². The Kier molecular flexibility index (Phi) is 9.80. The fourth-order valence-corrected chi connectivity index (χ4v) is 11.2. The van der Waals surface area contributed by atoms with E-state index in [-0.39, 0.29) is 33.9 Å². The molecule has 2 aliphatic heterocycles. The van der Waals surface area contributed by atoms with Crippen LogP contribution in [0.4, 0.5) is 34.3 Å². The van der Waals surface area contributed by atoms with E-state index in [0.29, 0.717) is 0 Å². The maximum Gasteiger partial charge on any atom is 0.337 e. The number of hydrogen-bond donors (Lipinski definition) is 0. The van der Waals surface area contributed by atoms with Crippen LogP contribution in [0.15, 0.2) is 144 Å². The molecule has 348 valence electrons. The Hall–Kier alpha value is -6.46. The van der Waals surface area contributed by atoms with Crippen LogP contribution in [0.25, 0.3) is 43.9 Å². The molecule has 0 bridgehead atoms. The lowest BCUT2D eigenvalue weighted by Crippen LogP contribution is -2.56. The average Bonchev–Trinajstić information content (AvgIpc) is 3.84. The van der Waals surface area contributed by atoms with Gasteiger partial charge in [-0.1, -0.05) is 177 Å². The molecule has 0 spiro atoms. The Labute approximate surface area is 411 Å². The molecular formula is C64H68BN3O. The van der Waals surface area contributed by atoms with Crippen molar-refractivity contribution >= 4 is 84.9 Å². The first-order chi connectivity index (χ1) is 32.4. The van der Waals surface area contributed by atoms with Gasteiger partial charge in [0, 0.05) is 66.5 Å². The van der Waals surface area contributed by atoms with E-state index >= 15 is 0 Å². The molecule has 5 heteroatoms. The predicted molar refractivity (Wildman–Crippen MR) is 298 cm³/mol. The number of nitrogens with zero attached hydrogens (tertiary/aromatic N) is 3. The third-order valence-corrected chi connectivity index (χ3v) is 15.1. The molecule has 2 aliphatic rings. The summed E-state index contributed by atoms with van der Waals surface area (Å²) in [5, 5.41) is 3.71. The molecule has 9 aromatic rings. The van der Waals surface area contributed by atoms with E-state index in [2.05, 4.69) is 258 Å². The van der Waals surface area contributed by atoms with Gasteiger partial charge < -0.3 is 13.8 Å². The molecule has 69 heavy (non-hydrogen) atoms.